The van der Waals surface area contributed by atoms with Gasteiger partial charge in [0.15, 0.2) is 6.10 Å². The zero-order valence-corrected chi connectivity index (χ0v) is 14.4. The molecule has 0 aromatic heterocycles. The fraction of sp³-hybridized carbons (Fsp3) is 0.263. The Kier molecular flexibility index (Phi) is 6.66. The highest BCUT2D eigenvalue weighted by molar-refractivity contribution is 5.95. The van der Waals surface area contributed by atoms with E-state index in [1.165, 1.54) is 6.92 Å². The van der Waals surface area contributed by atoms with E-state index in [1.54, 1.807) is 19.2 Å². The Hall–Kier alpha value is -2.96. The molecule has 5 nitrogen and oxygen atoms in total. The van der Waals surface area contributed by atoms with Gasteiger partial charge in [-0.05, 0) is 43.2 Å². The summed E-state index contributed by atoms with van der Waals surface area (Å²) >= 11 is 0. The van der Waals surface area contributed by atoms with E-state index in [1.807, 2.05) is 12.1 Å². The van der Waals surface area contributed by atoms with Crippen molar-refractivity contribution in [1.29, 1.82) is 0 Å². The minimum absolute atomic E-state index is 0.0921. The summed E-state index contributed by atoms with van der Waals surface area (Å²) in [5.74, 6) is -2.19. The summed E-state index contributed by atoms with van der Waals surface area (Å²) in [6.45, 7) is 1.38. The Morgan fingerprint density at radius 1 is 1.12 bits per heavy atom. The summed E-state index contributed by atoms with van der Waals surface area (Å²) < 4.78 is 36.5. The molecule has 1 unspecified atom stereocenters. The summed E-state index contributed by atoms with van der Waals surface area (Å²) in [5.41, 5.74) is 0.741. The van der Waals surface area contributed by atoms with Gasteiger partial charge in [0.05, 0.1) is 12.8 Å². The molecule has 0 spiro atoms. The Morgan fingerprint density at radius 3 is 2.42 bits per heavy atom. The predicted molar refractivity (Wildman–Crippen MR) is 91.9 cm³/mol. The molecule has 0 fully saturated rings. The third kappa shape index (κ3) is 5.54. The van der Waals surface area contributed by atoms with Crippen molar-refractivity contribution < 1.29 is 27.8 Å². The van der Waals surface area contributed by atoms with Crippen molar-refractivity contribution >= 4 is 17.6 Å². The summed E-state index contributed by atoms with van der Waals surface area (Å²) in [4.78, 5) is 23.8. The number of amides is 1. The van der Waals surface area contributed by atoms with Crippen LogP contribution >= 0.6 is 0 Å². The third-order valence-corrected chi connectivity index (χ3v) is 3.64. The number of aryl methyl sites for hydroxylation is 1. The highest BCUT2D eigenvalue weighted by Crippen LogP contribution is 2.16. The Balaban J connectivity index is 1.82. The van der Waals surface area contributed by atoms with Gasteiger partial charge in [0, 0.05) is 12.5 Å². The number of hydrogen-bond donors (Lipinski definition) is 1. The molecule has 0 saturated carbocycles. The lowest BCUT2D eigenvalue weighted by Crippen LogP contribution is -2.30. The number of rotatable bonds is 7. The zero-order valence-electron chi connectivity index (χ0n) is 14.4. The highest BCUT2D eigenvalue weighted by Gasteiger charge is 2.19. The second-order valence-corrected chi connectivity index (χ2v) is 5.59. The molecular formula is C19H19F2NO4. The van der Waals surface area contributed by atoms with Crippen LogP contribution in [0.2, 0.25) is 0 Å². The number of carbonyl (C=O) groups is 2. The molecule has 1 atom stereocenters. The van der Waals surface area contributed by atoms with E-state index in [-0.39, 0.29) is 12.1 Å². The van der Waals surface area contributed by atoms with Crippen molar-refractivity contribution in [3.05, 3.63) is 59.7 Å². The first-order chi connectivity index (χ1) is 12.4. The maximum Gasteiger partial charge on any atom is 0.306 e. The van der Waals surface area contributed by atoms with Gasteiger partial charge in [0.2, 0.25) is 0 Å². The lowest BCUT2D eigenvalue weighted by Gasteiger charge is -2.14. The Labute approximate surface area is 149 Å². The first-order valence-electron chi connectivity index (χ1n) is 7.97. The predicted octanol–water partition coefficient (Wildman–Crippen LogP) is 3.48. The van der Waals surface area contributed by atoms with Gasteiger partial charge in [-0.2, -0.15) is 0 Å². The molecule has 1 N–H and O–H groups in total. The molecule has 2 aromatic carbocycles. The number of anilines is 1. The number of hydrogen-bond acceptors (Lipinski definition) is 4. The maximum atomic E-state index is 13.5. The van der Waals surface area contributed by atoms with Crippen molar-refractivity contribution in [2.75, 3.05) is 12.4 Å². The number of methoxy groups -OCH3 is 1. The van der Waals surface area contributed by atoms with E-state index in [0.29, 0.717) is 12.5 Å². The van der Waals surface area contributed by atoms with Crippen molar-refractivity contribution in [3.8, 4) is 5.75 Å². The largest absolute Gasteiger partial charge is 0.497 e. The summed E-state index contributed by atoms with van der Waals surface area (Å²) in [7, 11) is 1.57. The smallest absolute Gasteiger partial charge is 0.306 e. The second kappa shape index (κ2) is 8.94. The minimum atomic E-state index is -1.11. The van der Waals surface area contributed by atoms with Crippen LogP contribution in [0.4, 0.5) is 14.5 Å². The van der Waals surface area contributed by atoms with Gasteiger partial charge in [0.25, 0.3) is 5.91 Å². The minimum Gasteiger partial charge on any atom is -0.497 e. The Bertz CT molecular complexity index is 778. The van der Waals surface area contributed by atoms with Crippen LogP contribution in [0, 0.1) is 11.6 Å². The lowest BCUT2D eigenvalue weighted by molar-refractivity contribution is -0.153. The molecule has 0 heterocycles. The van der Waals surface area contributed by atoms with Crippen molar-refractivity contribution in [1.82, 2.24) is 0 Å². The van der Waals surface area contributed by atoms with Crippen molar-refractivity contribution in [3.63, 3.8) is 0 Å². The van der Waals surface area contributed by atoms with E-state index in [2.05, 4.69) is 5.32 Å². The van der Waals surface area contributed by atoms with Crippen LogP contribution in [0.25, 0.3) is 0 Å². The van der Waals surface area contributed by atoms with Crippen LogP contribution in [0.1, 0.15) is 18.9 Å². The molecule has 0 saturated heterocycles. The van der Waals surface area contributed by atoms with Crippen molar-refractivity contribution in [2.45, 2.75) is 25.9 Å². The lowest BCUT2D eigenvalue weighted by atomic mass is 10.1. The maximum absolute atomic E-state index is 13.5. The summed E-state index contributed by atoms with van der Waals surface area (Å²) in [5, 5.41) is 2.26. The fourth-order valence-electron chi connectivity index (χ4n) is 2.17. The van der Waals surface area contributed by atoms with Gasteiger partial charge >= 0.3 is 5.97 Å². The molecule has 2 rings (SSSR count). The summed E-state index contributed by atoms with van der Waals surface area (Å²) in [6, 6.07) is 10.0. The van der Waals surface area contributed by atoms with Crippen LogP contribution in [-0.4, -0.2) is 25.1 Å². The van der Waals surface area contributed by atoms with Crippen LogP contribution in [-0.2, 0) is 20.7 Å². The quantitative estimate of drug-likeness (QED) is 0.765. The molecule has 0 bridgehead atoms. The second-order valence-electron chi connectivity index (χ2n) is 5.59. The highest BCUT2D eigenvalue weighted by atomic mass is 19.1. The Morgan fingerprint density at radius 2 is 1.81 bits per heavy atom. The molecule has 2 aromatic rings. The van der Waals surface area contributed by atoms with E-state index in [4.69, 9.17) is 9.47 Å². The zero-order chi connectivity index (χ0) is 19.1. The van der Waals surface area contributed by atoms with Crippen molar-refractivity contribution in [2.24, 2.45) is 0 Å². The molecule has 138 valence electrons. The van der Waals surface area contributed by atoms with E-state index in [0.717, 1.165) is 23.4 Å². The SMILES string of the molecule is COc1ccc(CCC(=O)OC(C)C(=O)Nc2ccc(F)cc2F)cc1. The molecule has 0 radical (unpaired) electrons. The standard InChI is InChI=1S/C19H19F2NO4/c1-12(19(24)22-17-9-6-14(20)11-16(17)21)26-18(23)10-5-13-3-7-15(25-2)8-4-13/h3-4,6-9,11-12H,5,10H2,1-2H3,(H,22,24). The summed E-state index contributed by atoms with van der Waals surface area (Å²) in [6.07, 6.45) is -0.568. The molecule has 26 heavy (non-hydrogen) atoms. The van der Waals surface area contributed by atoms with Gasteiger partial charge in [-0.25, -0.2) is 8.78 Å². The van der Waals surface area contributed by atoms with E-state index >= 15 is 0 Å². The van der Waals surface area contributed by atoms with Gasteiger partial charge in [-0.3, -0.25) is 9.59 Å². The molecule has 0 aliphatic carbocycles. The topological polar surface area (TPSA) is 64.6 Å². The number of carbonyl (C=O) groups excluding carboxylic acids is 2. The van der Waals surface area contributed by atoms with Crippen LogP contribution in [0.3, 0.4) is 0 Å². The fourth-order valence-corrected chi connectivity index (χ4v) is 2.17. The van der Waals surface area contributed by atoms with Gasteiger partial charge in [0.1, 0.15) is 17.4 Å². The number of nitrogens with one attached hydrogen (secondary N) is 1. The number of halogens is 2. The molecule has 1 amide bonds. The normalized spacial score (nSPS) is 11.5. The van der Waals surface area contributed by atoms with Crippen LogP contribution in [0.5, 0.6) is 5.75 Å². The molecule has 0 aliphatic heterocycles. The molecule has 0 aliphatic rings. The number of benzene rings is 2. The van der Waals surface area contributed by atoms with Crippen LogP contribution < -0.4 is 10.1 Å². The van der Waals surface area contributed by atoms with Gasteiger partial charge < -0.3 is 14.8 Å². The van der Waals surface area contributed by atoms with Gasteiger partial charge in [-0.1, -0.05) is 12.1 Å². The molecule has 7 heteroatoms. The van der Waals surface area contributed by atoms with E-state index < -0.39 is 29.6 Å². The first kappa shape index (κ1) is 19.4. The number of esters is 1. The third-order valence-electron chi connectivity index (χ3n) is 3.64. The molecular weight excluding hydrogens is 344 g/mol. The first-order valence-corrected chi connectivity index (χ1v) is 7.97. The van der Waals surface area contributed by atoms with E-state index in [9.17, 15) is 18.4 Å². The average molecular weight is 363 g/mol. The van der Waals surface area contributed by atoms with Crippen LogP contribution in [0.15, 0.2) is 42.5 Å². The number of ether oxygens (including phenoxy) is 2. The average Bonchev–Trinajstić information content (AvgIpc) is 2.62. The van der Waals surface area contributed by atoms with Gasteiger partial charge in [-0.15, -0.1) is 0 Å². The monoisotopic (exact) mass is 363 g/mol.